The first kappa shape index (κ1) is 15.2. The van der Waals surface area contributed by atoms with Crippen molar-refractivity contribution in [3.05, 3.63) is 12.0 Å². The average Bonchev–Trinajstić information content (AvgIpc) is 2.98. The van der Waals surface area contributed by atoms with Crippen LogP contribution in [0.4, 0.5) is 23.4 Å². The van der Waals surface area contributed by atoms with Crippen LogP contribution in [0.5, 0.6) is 0 Å². The van der Waals surface area contributed by atoms with Gasteiger partial charge in [0.25, 0.3) is 5.89 Å². The summed E-state index contributed by atoms with van der Waals surface area (Å²) >= 11 is 0. The fraction of sp³-hybridized carbons (Fsp3) is 0.500. The lowest BCUT2D eigenvalue weighted by Crippen LogP contribution is -2.32. The Bertz CT molecular complexity index is 612. The third-order valence-corrected chi connectivity index (χ3v) is 2.53. The van der Waals surface area contributed by atoms with Crippen LogP contribution >= 0.6 is 0 Å². The van der Waals surface area contributed by atoms with Gasteiger partial charge in [-0.25, -0.2) is 8.78 Å². The van der Waals surface area contributed by atoms with Crippen LogP contribution in [0.15, 0.2) is 10.7 Å². The Labute approximate surface area is 115 Å². The first-order valence-electron chi connectivity index (χ1n) is 5.65. The molecule has 0 spiro atoms. The lowest BCUT2D eigenvalue weighted by atomic mass is 10.3. The predicted molar refractivity (Wildman–Crippen MR) is 61.5 cm³/mol. The lowest BCUT2D eigenvalue weighted by molar-refractivity contribution is -0.168. The molecule has 0 aliphatic heterocycles. The fourth-order valence-corrected chi connectivity index (χ4v) is 1.38. The van der Waals surface area contributed by atoms with Gasteiger partial charge >= 0.3 is 12.3 Å². The normalized spacial score (nSPS) is 12.3. The minimum absolute atomic E-state index is 0.0276. The first-order chi connectivity index (χ1) is 9.81. The van der Waals surface area contributed by atoms with Gasteiger partial charge in [0, 0.05) is 7.05 Å². The largest absolute Gasteiger partial charge is 0.383 e. The van der Waals surface area contributed by atoms with Gasteiger partial charge in [-0.05, 0) is 0 Å². The van der Waals surface area contributed by atoms with Crippen molar-refractivity contribution in [1.82, 2.24) is 19.9 Å². The number of ether oxygens (including phenoxy) is 1. The standard InChI is InChI=1S/C10H11F4N5O2/c1-19-7(15)5(2-16-19)8-17-6(18-21-8)3-20-4-10(13,14)9(11)12/h2,9H,3-4,15H2,1H3. The third-order valence-electron chi connectivity index (χ3n) is 2.53. The van der Waals surface area contributed by atoms with E-state index in [2.05, 4.69) is 20.0 Å². The van der Waals surface area contributed by atoms with Crippen molar-refractivity contribution in [3.8, 4) is 11.5 Å². The Morgan fingerprint density at radius 3 is 2.76 bits per heavy atom. The van der Waals surface area contributed by atoms with E-state index in [4.69, 9.17) is 10.3 Å². The summed E-state index contributed by atoms with van der Waals surface area (Å²) in [6, 6.07) is 0. The summed E-state index contributed by atoms with van der Waals surface area (Å²) in [5.74, 6) is -3.99. The van der Waals surface area contributed by atoms with E-state index in [1.807, 2.05) is 0 Å². The maximum absolute atomic E-state index is 12.6. The summed E-state index contributed by atoms with van der Waals surface area (Å²) in [5.41, 5.74) is 6.06. The SMILES string of the molecule is Cn1ncc(-c2nc(COCC(F)(F)C(F)F)no2)c1N. The summed E-state index contributed by atoms with van der Waals surface area (Å²) in [4.78, 5) is 3.85. The van der Waals surface area contributed by atoms with Gasteiger partial charge in [0.1, 0.15) is 24.6 Å². The number of nitrogen functional groups attached to an aromatic ring is 1. The van der Waals surface area contributed by atoms with Gasteiger partial charge in [-0.3, -0.25) is 4.68 Å². The van der Waals surface area contributed by atoms with Gasteiger partial charge in [-0.1, -0.05) is 5.16 Å². The number of anilines is 1. The molecule has 116 valence electrons. The molecule has 2 aromatic heterocycles. The van der Waals surface area contributed by atoms with E-state index >= 15 is 0 Å². The van der Waals surface area contributed by atoms with Crippen LogP contribution in [0, 0.1) is 0 Å². The van der Waals surface area contributed by atoms with Gasteiger partial charge in [0.2, 0.25) is 0 Å². The molecule has 0 unspecified atom stereocenters. The molecule has 0 fully saturated rings. The summed E-state index contributed by atoms with van der Waals surface area (Å²) < 4.78 is 59.7. The number of hydrogen-bond acceptors (Lipinski definition) is 6. The highest BCUT2D eigenvalue weighted by Crippen LogP contribution is 2.24. The van der Waals surface area contributed by atoms with Crippen molar-refractivity contribution in [2.75, 3.05) is 12.3 Å². The van der Waals surface area contributed by atoms with E-state index in [0.717, 1.165) is 0 Å². The van der Waals surface area contributed by atoms with Crippen LogP contribution in [0.1, 0.15) is 5.82 Å². The fourth-order valence-electron chi connectivity index (χ4n) is 1.38. The number of nitrogens with zero attached hydrogens (tertiary/aromatic N) is 4. The molecule has 2 heterocycles. The summed E-state index contributed by atoms with van der Waals surface area (Å²) in [6.07, 6.45) is -2.41. The zero-order valence-corrected chi connectivity index (χ0v) is 10.8. The molecule has 2 rings (SSSR count). The minimum atomic E-state index is -4.22. The maximum Gasteiger partial charge on any atom is 0.330 e. The van der Waals surface area contributed by atoms with E-state index < -0.39 is 25.6 Å². The van der Waals surface area contributed by atoms with Crippen LogP contribution in [-0.2, 0) is 18.4 Å². The second kappa shape index (κ2) is 5.68. The number of rotatable bonds is 6. The molecule has 11 heteroatoms. The molecule has 0 saturated heterocycles. The lowest BCUT2D eigenvalue weighted by Gasteiger charge is -2.14. The topological polar surface area (TPSA) is 92.0 Å². The summed E-state index contributed by atoms with van der Waals surface area (Å²) in [7, 11) is 1.60. The van der Waals surface area contributed by atoms with E-state index in [0.29, 0.717) is 5.56 Å². The second-order valence-corrected chi connectivity index (χ2v) is 4.14. The molecule has 0 aliphatic rings. The van der Waals surface area contributed by atoms with Crippen LogP contribution in [0.25, 0.3) is 11.5 Å². The number of aromatic nitrogens is 4. The Hall–Kier alpha value is -2.17. The van der Waals surface area contributed by atoms with Crippen LogP contribution in [0.2, 0.25) is 0 Å². The molecule has 0 atom stereocenters. The van der Waals surface area contributed by atoms with E-state index in [-0.39, 0.29) is 17.5 Å². The minimum Gasteiger partial charge on any atom is -0.383 e. The van der Waals surface area contributed by atoms with Crippen molar-refractivity contribution in [3.63, 3.8) is 0 Å². The summed E-state index contributed by atoms with van der Waals surface area (Å²) in [5, 5.41) is 7.34. The molecule has 0 radical (unpaired) electrons. The zero-order valence-electron chi connectivity index (χ0n) is 10.8. The number of alkyl halides is 4. The van der Waals surface area contributed by atoms with Crippen molar-refractivity contribution in [2.24, 2.45) is 7.05 Å². The van der Waals surface area contributed by atoms with Crippen molar-refractivity contribution in [1.29, 1.82) is 0 Å². The maximum atomic E-state index is 12.6. The molecule has 0 amide bonds. The zero-order chi connectivity index (χ0) is 15.6. The molecular weight excluding hydrogens is 298 g/mol. The molecular formula is C10H11F4N5O2. The molecule has 0 aromatic carbocycles. The number of nitrogens with two attached hydrogens (primary N) is 1. The molecule has 0 aliphatic carbocycles. The van der Waals surface area contributed by atoms with E-state index in [1.165, 1.54) is 10.9 Å². The highest BCUT2D eigenvalue weighted by Gasteiger charge is 2.41. The Kier molecular flexibility index (Phi) is 4.11. The average molecular weight is 309 g/mol. The van der Waals surface area contributed by atoms with E-state index in [1.54, 1.807) is 7.05 Å². The van der Waals surface area contributed by atoms with Gasteiger partial charge in [-0.2, -0.15) is 18.9 Å². The van der Waals surface area contributed by atoms with Crippen LogP contribution < -0.4 is 5.73 Å². The van der Waals surface area contributed by atoms with Crippen LogP contribution in [0.3, 0.4) is 0 Å². The Balaban J connectivity index is 1.97. The van der Waals surface area contributed by atoms with Crippen molar-refractivity contribution < 1.29 is 26.8 Å². The quantitative estimate of drug-likeness (QED) is 0.812. The number of aryl methyl sites for hydroxylation is 1. The number of hydrogen-bond donors (Lipinski definition) is 1. The van der Waals surface area contributed by atoms with Crippen molar-refractivity contribution in [2.45, 2.75) is 19.0 Å². The van der Waals surface area contributed by atoms with Gasteiger partial charge in [0.05, 0.1) is 6.20 Å². The number of halogens is 4. The monoisotopic (exact) mass is 309 g/mol. The molecule has 0 saturated carbocycles. The van der Waals surface area contributed by atoms with Crippen molar-refractivity contribution >= 4 is 5.82 Å². The van der Waals surface area contributed by atoms with Gasteiger partial charge in [0.15, 0.2) is 5.82 Å². The molecule has 7 nitrogen and oxygen atoms in total. The Morgan fingerprint density at radius 2 is 2.19 bits per heavy atom. The van der Waals surface area contributed by atoms with Crippen LogP contribution in [-0.4, -0.2) is 38.9 Å². The highest BCUT2D eigenvalue weighted by atomic mass is 19.3. The summed E-state index contributed by atoms with van der Waals surface area (Å²) in [6.45, 7) is -1.93. The Morgan fingerprint density at radius 1 is 1.48 bits per heavy atom. The third kappa shape index (κ3) is 3.29. The molecule has 2 N–H and O–H groups in total. The second-order valence-electron chi connectivity index (χ2n) is 4.14. The molecule has 21 heavy (non-hydrogen) atoms. The van der Waals surface area contributed by atoms with Gasteiger partial charge in [-0.15, -0.1) is 0 Å². The predicted octanol–water partition coefficient (Wildman–Crippen LogP) is 1.47. The highest BCUT2D eigenvalue weighted by molar-refractivity contribution is 5.66. The molecule has 2 aromatic rings. The first-order valence-corrected chi connectivity index (χ1v) is 5.65. The molecule has 0 bridgehead atoms. The van der Waals surface area contributed by atoms with E-state index in [9.17, 15) is 17.6 Å². The van der Waals surface area contributed by atoms with Gasteiger partial charge < -0.3 is 15.0 Å². The smallest absolute Gasteiger partial charge is 0.330 e.